The van der Waals surface area contributed by atoms with Crippen LogP contribution in [0.25, 0.3) is 0 Å². The Kier molecular flexibility index (Phi) is 6.36. The fourth-order valence-electron chi connectivity index (χ4n) is 1.41. The fraction of sp³-hybridized carbons (Fsp3) is 0.533. The van der Waals surface area contributed by atoms with Gasteiger partial charge in [-0.15, -0.1) is 0 Å². The summed E-state index contributed by atoms with van der Waals surface area (Å²) in [5.74, 6) is 0.887. The van der Waals surface area contributed by atoms with Gasteiger partial charge in [-0.25, -0.2) is 0 Å². The van der Waals surface area contributed by atoms with Gasteiger partial charge in [-0.05, 0) is 39.3 Å². The summed E-state index contributed by atoms with van der Waals surface area (Å²) in [7, 11) is 0. The Bertz CT molecular complexity index is 371. The highest BCUT2D eigenvalue weighted by molar-refractivity contribution is 5.78. The molecule has 0 saturated carbocycles. The second kappa shape index (κ2) is 7.79. The Balaban J connectivity index is 2.03. The second-order valence-electron chi connectivity index (χ2n) is 5.47. The van der Waals surface area contributed by atoms with Gasteiger partial charge in [0.05, 0.1) is 13.2 Å². The third kappa shape index (κ3) is 8.21. The van der Waals surface area contributed by atoms with Crippen molar-refractivity contribution < 1.29 is 9.53 Å². The van der Waals surface area contributed by atoms with Crippen molar-refractivity contribution in [3.63, 3.8) is 0 Å². The summed E-state index contributed by atoms with van der Waals surface area (Å²) in [6.45, 7) is 7.70. The number of hydrogen-bond acceptors (Lipinski definition) is 3. The topological polar surface area (TPSA) is 50.4 Å². The molecule has 0 atom stereocenters. The van der Waals surface area contributed by atoms with Crippen LogP contribution in [-0.4, -0.2) is 31.1 Å². The molecule has 106 valence electrons. The van der Waals surface area contributed by atoms with Gasteiger partial charge in [0.15, 0.2) is 0 Å². The van der Waals surface area contributed by atoms with Gasteiger partial charge in [0.2, 0.25) is 5.91 Å². The van der Waals surface area contributed by atoms with E-state index in [4.69, 9.17) is 4.74 Å². The monoisotopic (exact) mass is 264 g/mol. The molecule has 1 aromatic rings. The van der Waals surface area contributed by atoms with Crippen molar-refractivity contribution in [3.05, 3.63) is 30.3 Å². The number of para-hydroxylation sites is 1. The molecule has 4 nitrogen and oxygen atoms in total. The number of rotatable bonds is 7. The van der Waals surface area contributed by atoms with Crippen molar-refractivity contribution in [2.75, 3.05) is 19.7 Å². The van der Waals surface area contributed by atoms with Gasteiger partial charge in [0.25, 0.3) is 0 Å². The molecule has 0 unspecified atom stereocenters. The first-order valence-electron chi connectivity index (χ1n) is 6.67. The van der Waals surface area contributed by atoms with Crippen LogP contribution in [0.3, 0.4) is 0 Å². The molecule has 0 aliphatic rings. The predicted octanol–water partition coefficient (Wildman–Crippen LogP) is 1.96. The van der Waals surface area contributed by atoms with Crippen LogP contribution < -0.4 is 15.4 Å². The van der Waals surface area contributed by atoms with Crippen molar-refractivity contribution >= 4 is 5.91 Å². The second-order valence-corrected chi connectivity index (χ2v) is 5.47. The van der Waals surface area contributed by atoms with Gasteiger partial charge in [-0.1, -0.05) is 18.2 Å². The maximum Gasteiger partial charge on any atom is 0.233 e. The van der Waals surface area contributed by atoms with Crippen molar-refractivity contribution in [2.24, 2.45) is 0 Å². The molecule has 2 N–H and O–H groups in total. The maximum absolute atomic E-state index is 11.5. The molecule has 1 aromatic carbocycles. The van der Waals surface area contributed by atoms with E-state index in [-0.39, 0.29) is 11.4 Å². The Morgan fingerprint density at radius 3 is 2.53 bits per heavy atom. The van der Waals surface area contributed by atoms with Gasteiger partial charge >= 0.3 is 0 Å². The summed E-state index contributed by atoms with van der Waals surface area (Å²) in [5, 5.41) is 6.01. The summed E-state index contributed by atoms with van der Waals surface area (Å²) in [6, 6.07) is 9.68. The molecule has 0 aliphatic heterocycles. The van der Waals surface area contributed by atoms with Gasteiger partial charge in [0, 0.05) is 12.1 Å². The summed E-state index contributed by atoms with van der Waals surface area (Å²) >= 11 is 0. The first-order valence-corrected chi connectivity index (χ1v) is 6.67. The lowest BCUT2D eigenvalue weighted by molar-refractivity contribution is -0.120. The Hall–Kier alpha value is -1.55. The fourth-order valence-corrected chi connectivity index (χ4v) is 1.41. The molecule has 0 bridgehead atoms. The molecule has 0 aliphatic carbocycles. The van der Waals surface area contributed by atoms with Crippen molar-refractivity contribution in [1.29, 1.82) is 0 Å². The highest BCUT2D eigenvalue weighted by Crippen LogP contribution is 2.07. The van der Waals surface area contributed by atoms with Crippen LogP contribution in [0.2, 0.25) is 0 Å². The zero-order valence-corrected chi connectivity index (χ0v) is 12.0. The number of nitrogens with one attached hydrogen (secondary N) is 2. The SMILES string of the molecule is CC(C)(C)NCC(=O)NCCCOc1ccccc1. The number of amides is 1. The minimum Gasteiger partial charge on any atom is -0.494 e. The summed E-state index contributed by atoms with van der Waals surface area (Å²) in [6.07, 6.45) is 0.802. The van der Waals surface area contributed by atoms with Crippen LogP contribution >= 0.6 is 0 Å². The van der Waals surface area contributed by atoms with E-state index in [2.05, 4.69) is 10.6 Å². The summed E-state index contributed by atoms with van der Waals surface area (Å²) in [4.78, 5) is 11.5. The number of carbonyl (C=O) groups is 1. The molecular weight excluding hydrogens is 240 g/mol. The smallest absolute Gasteiger partial charge is 0.233 e. The van der Waals surface area contributed by atoms with E-state index in [0.29, 0.717) is 19.7 Å². The zero-order chi connectivity index (χ0) is 14.1. The molecular formula is C15H24N2O2. The normalized spacial score (nSPS) is 11.1. The summed E-state index contributed by atoms with van der Waals surface area (Å²) in [5.41, 5.74) is -0.0340. The van der Waals surface area contributed by atoms with E-state index in [9.17, 15) is 4.79 Å². The Labute approximate surface area is 115 Å². The minimum absolute atomic E-state index is 0.0228. The number of carbonyl (C=O) groups excluding carboxylic acids is 1. The predicted molar refractivity (Wildman–Crippen MR) is 77.3 cm³/mol. The van der Waals surface area contributed by atoms with Crippen molar-refractivity contribution in [1.82, 2.24) is 10.6 Å². The van der Waals surface area contributed by atoms with E-state index in [1.54, 1.807) is 0 Å². The molecule has 0 heterocycles. The average Bonchev–Trinajstić information content (AvgIpc) is 2.36. The Morgan fingerprint density at radius 1 is 1.21 bits per heavy atom. The first kappa shape index (κ1) is 15.5. The molecule has 1 rings (SSSR count). The summed E-state index contributed by atoms with van der Waals surface area (Å²) < 4.78 is 5.54. The number of hydrogen-bond donors (Lipinski definition) is 2. The zero-order valence-electron chi connectivity index (χ0n) is 12.0. The number of ether oxygens (including phenoxy) is 1. The van der Waals surface area contributed by atoms with Crippen LogP contribution in [-0.2, 0) is 4.79 Å². The molecule has 0 radical (unpaired) electrons. The lowest BCUT2D eigenvalue weighted by Gasteiger charge is -2.20. The lowest BCUT2D eigenvalue weighted by atomic mass is 10.1. The van der Waals surface area contributed by atoms with Gasteiger partial charge in [-0.3, -0.25) is 4.79 Å². The molecule has 0 aromatic heterocycles. The lowest BCUT2D eigenvalue weighted by Crippen LogP contribution is -2.43. The standard InChI is InChI=1S/C15H24N2O2/c1-15(2,3)17-12-14(18)16-10-7-11-19-13-8-5-4-6-9-13/h4-6,8-9,17H,7,10-12H2,1-3H3,(H,16,18). The first-order chi connectivity index (χ1) is 8.97. The third-order valence-corrected chi connectivity index (χ3v) is 2.43. The van der Waals surface area contributed by atoms with Crippen molar-refractivity contribution in [2.45, 2.75) is 32.7 Å². The molecule has 19 heavy (non-hydrogen) atoms. The molecule has 0 fully saturated rings. The maximum atomic E-state index is 11.5. The highest BCUT2D eigenvalue weighted by Gasteiger charge is 2.10. The molecule has 4 heteroatoms. The quantitative estimate of drug-likeness (QED) is 0.740. The van der Waals surface area contributed by atoms with E-state index in [1.807, 2.05) is 51.1 Å². The van der Waals surface area contributed by atoms with Crippen LogP contribution in [0.5, 0.6) is 5.75 Å². The van der Waals surface area contributed by atoms with E-state index in [0.717, 1.165) is 12.2 Å². The molecule has 0 saturated heterocycles. The van der Waals surface area contributed by atoms with Crippen molar-refractivity contribution in [3.8, 4) is 5.75 Å². The largest absolute Gasteiger partial charge is 0.494 e. The van der Waals surface area contributed by atoms with Crippen LogP contribution in [0.1, 0.15) is 27.2 Å². The third-order valence-electron chi connectivity index (χ3n) is 2.43. The van der Waals surface area contributed by atoms with Crippen LogP contribution in [0.15, 0.2) is 30.3 Å². The van der Waals surface area contributed by atoms with Crippen LogP contribution in [0.4, 0.5) is 0 Å². The minimum atomic E-state index is -0.0340. The van der Waals surface area contributed by atoms with Gasteiger partial charge in [-0.2, -0.15) is 0 Å². The molecule has 1 amide bonds. The number of benzene rings is 1. The van der Waals surface area contributed by atoms with E-state index < -0.39 is 0 Å². The highest BCUT2D eigenvalue weighted by atomic mass is 16.5. The molecule has 0 spiro atoms. The van der Waals surface area contributed by atoms with E-state index in [1.165, 1.54) is 0 Å². The van der Waals surface area contributed by atoms with Gasteiger partial charge in [0.1, 0.15) is 5.75 Å². The van der Waals surface area contributed by atoms with Gasteiger partial charge < -0.3 is 15.4 Å². The average molecular weight is 264 g/mol. The Morgan fingerprint density at radius 2 is 1.89 bits per heavy atom. The van der Waals surface area contributed by atoms with Crippen LogP contribution in [0, 0.1) is 0 Å². The van der Waals surface area contributed by atoms with E-state index >= 15 is 0 Å².